The van der Waals surface area contributed by atoms with E-state index >= 15 is 0 Å². The van der Waals surface area contributed by atoms with Crippen LogP contribution in [0.3, 0.4) is 0 Å². The van der Waals surface area contributed by atoms with Crippen LogP contribution in [0.25, 0.3) is 0 Å². The Labute approximate surface area is 651 Å². The molecule has 19 heteroatoms. The number of ether oxygens (including phenoxy) is 4. The van der Waals surface area contributed by atoms with Crippen molar-refractivity contribution in [3.05, 3.63) is 0 Å². The van der Waals surface area contributed by atoms with Gasteiger partial charge >= 0.3 is 39.5 Å². The maximum Gasteiger partial charge on any atom is 0.472 e. The number of phosphoric acid groups is 2. The average molecular weight is 1550 g/mol. The summed E-state index contributed by atoms with van der Waals surface area (Å²) in [6.07, 6.45) is 70.9. The second-order valence-electron chi connectivity index (χ2n) is 32.0. The van der Waals surface area contributed by atoms with E-state index in [0.717, 1.165) is 108 Å². The van der Waals surface area contributed by atoms with Crippen LogP contribution in [0.2, 0.25) is 0 Å². The lowest BCUT2D eigenvalue weighted by atomic mass is 10.00. The molecule has 0 aromatic carbocycles. The molecule has 106 heavy (non-hydrogen) atoms. The van der Waals surface area contributed by atoms with Crippen LogP contribution >= 0.6 is 15.6 Å². The highest BCUT2D eigenvalue weighted by atomic mass is 31.2. The fourth-order valence-electron chi connectivity index (χ4n) is 13.6. The number of hydrogen-bond acceptors (Lipinski definition) is 15. The van der Waals surface area contributed by atoms with Crippen molar-refractivity contribution in [2.24, 2.45) is 11.8 Å². The first-order chi connectivity index (χ1) is 51.4. The lowest BCUT2D eigenvalue weighted by molar-refractivity contribution is -0.161. The van der Waals surface area contributed by atoms with Crippen molar-refractivity contribution >= 4 is 39.5 Å². The Morgan fingerprint density at radius 3 is 0.717 bits per heavy atom. The van der Waals surface area contributed by atoms with E-state index in [1.54, 1.807) is 0 Å². The number of aliphatic hydroxyl groups is 1. The second kappa shape index (κ2) is 78.3. The molecular formula is C87H170O17P2. The van der Waals surface area contributed by atoms with Gasteiger partial charge in [0, 0.05) is 25.7 Å². The van der Waals surface area contributed by atoms with Crippen LogP contribution in [0.1, 0.15) is 465 Å². The van der Waals surface area contributed by atoms with E-state index in [9.17, 15) is 43.2 Å². The third-order valence-corrected chi connectivity index (χ3v) is 22.7. The summed E-state index contributed by atoms with van der Waals surface area (Å²) in [6.45, 7) is 9.67. The summed E-state index contributed by atoms with van der Waals surface area (Å²) in [5, 5.41) is 10.7. The van der Waals surface area contributed by atoms with Crippen LogP contribution in [0.4, 0.5) is 0 Å². The summed E-state index contributed by atoms with van der Waals surface area (Å²) in [5.74, 6) is -0.565. The van der Waals surface area contributed by atoms with E-state index in [1.165, 1.54) is 276 Å². The van der Waals surface area contributed by atoms with Gasteiger partial charge in [0.05, 0.1) is 26.4 Å². The van der Waals surface area contributed by atoms with Gasteiger partial charge < -0.3 is 33.8 Å². The fourth-order valence-corrected chi connectivity index (χ4v) is 15.1. The molecule has 0 aliphatic rings. The first-order valence-corrected chi connectivity index (χ1v) is 48.0. The molecule has 0 aromatic rings. The maximum absolute atomic E-state index is 13.2. The van der Waals surface area contributed by atoms with Crippen LogP contribution in [-0.2, 0) is 65.4 Å². The first kappa shape index (κ1) is 104. The number of carbonyl (C=O) groups is 4. The zero-order valence-corrected chi connectivity index (χ0v) is 71.5. The van der Waals surface area contributed by atoms with E-state index in [1.807, 2.05) is 0 Å². The minimum absolute atomic E-state index is 0.108. The van der Waals surface area contributed by atoms with E-state index in [0.29, 0.717) is 25.7 Å². The van der Waals surface area contributed by atoms with Crippen molar-refractivity contribution < 1.29 is 80.2 Å². The van der Waals surface area contributed by atoms with Crippen LogP contribution in [0, 0.1) is 11.8 Å². The number of hydrogen-bond donors (Lipinski definition) is 3. The van der Waals surface area contributed by atoms with Crippen molar-refractivity contribution in [3.63, 3.8) is 0 Å². The van der Waals surface area contributed by atoms with Crippen molar-refractivity contribution in [3.8, 4) is 0 Å². The average Bonchev–Trinajstić information content (AvgIpc) is 0.907. The summed E-state index contributed by atoms with van der Waals surface area (Å²) < 4.78 is 68.9. The molecule has 0 saturated heterocycles. The van der Waals surface area contributed by atoms with Crippen molar-refractivity contribution in [1.29, 1.82) is 0 Å². The number of unbranched alkanes of at least 4 members (excludes halogenated alkanes) is 55. The van der Waals surface area contributed by atoms with Gasteiger partial charge in [0.25, 0.3) is 0 Å². The predicted octanol–water partition coefficient (Wildman–Crippen LogP) is 26.6. The van der Waals surface area contributed by atoms with Gasteiger partial charge in [-0.2, -0.15) is 0 Å². The maximum atomic E-state index is 13.2. The molecule has 0 saturated carbocycles. The number of aliphatic hydroxyl groups excluding tert-OH is 1. The van der Waals surface area contributed by atoms with Crippen LogP contribution in [0.5, 0.6) is 0 Å². The highest BCUT2D eigenvalue weighted by Crippen LogP contribution is 2.45. The Balaban J connectivity index is 5.23. The normalized spacial score (nSPS) is 14.1. The standard InChI is InChI=1S/C87H170O17P2/c1-7-10-12-14-16-18-20-22-24-26-28-29-31-35-40-44-48-52-60-65-71-86(91)103-82(75-97-84(89)69-63-57-50-46-42-38-36-32-33-37-41-45-49-55-61-67-79(4)5)77-101-105(93,94)99-73-81(88)74-100-106(95,96)102-78-83(76-98-85(90)70-64-58-54-53-56-62-68-80(6)9-3)104-87(92)72-66-59-51-47-43-39-34-30-27-25-23-21-19-17-15-13-11-8-2/h79-83,88H,7-78H2,1-6H3,(H,93,94)(H,95,96)/t80?,81-,82-,83-/m1/s1. The minimum Gasteiger partial charge on any atom is -0.462 e. The minimum atomic E-state index is -4.97. The van der Waals surface area contributed by atoms with Crippen LogP contribution < -0.4 is 0 Å². The van der Waals surface area contributed by atoms with E-state index in [-0.39, 0.29) is 25.7 Å². The Bertz CT molecular complexity index is 2030. The van der Waals surface area contributed by atoms with Crippen LogP contribution in [0.15, 0.2) is 0 Å². The predicted molar refractivity (Wildman–Crippen MR) is 437 cm³/mol. The van der Waals surface area contributed by atoms with Crippen LogP contribution in [-0.4, -0.2) is 96.7 Å². The molecule has 17 nitrogen and oxygen atoms in total. The molecule has 0 rings (SSSR count). The summed E-state index contributed by atoms with van der Waals surface area (Å²) in [4.78, 5) is 73.3. The summed E-state index contributed by atoms with van der Waals surface area (Å²) >= 11 is 0. The lowest BCUT2D eigenvalue weighted by Crippen LogP contribution is -2.30. The molecule has 0 bridgehead atoms. The molecule has 0 heterocycles. The number of rotatable bonds is 86. The SMILES string of the molecule is CCCCCCCCCCCCCCCCCCCCCCC(=O)O[C@H](COC(=O)CCCCCCCCCCCCCCCCCC(C)C)COP(=O)(O)OC[C@@H](O)COP(=O)(O)OC[C@@H](COC(=O)CCCCCCCCC(C)CC)OC(=O)CCCCCCCCCCCCCCCCCCCC. The molecule has 630 valence electrons. The highest BCUT2D eigenvalue weighted by Gasteiger charge is 2.30. The highest BCUT2D eigenvalue weighted by molar-refractivity contribution is 7.47. The number of esters is 4. The molecule has 0 amide bonds. The van der Waals surface area contributed by atoms with Gasteiger partial charge in [0.15, 0.2) is 12.2 Å². The van der Waals surface area contributed by atoms with Crippen molar-refractivity contribution in [2.75, 3.05) is 39.6 Å². The molecule has 0 aliphatic heterocycles. The van der Waals surface area contributed by atoms with Gasteiger partial charge in [-0.25, -0.2) is 9.13 Å². The third-order valence-electron chi connectivity index (χ3n) is 20.8. The van der Waals surface area contributed by atoms with Gasteiger partial charge in [-0.3, -0.25) is 37.3 Å². The molecule has 6 atom stereocenters. The quantitative estimate of drug-likeness (QED) is 0.0222. The molecule has 3 unspecified atom stereocenters. The second-order valence-corrected chi connectivity index (χ2v) is 34.9. The summed E-state index contributed by atoms with van der Waals surface area (Å²) in [5.41, 5.74) is 0. The zero-order valence-electron chi connectivity index (χ0n) is 69.7. The Morgan fingerprint density at radius 2 is 0.481 bits per heavy atom. The van der Waals surface area contributed by atoms with Crippen molar-refractivity contribution in [2.45, 2.75) is 484 Å². The molecular weight excluding hydrogens is 1380 g/mol. The monoisotopic (exact) mass is 1550 g/mol. The summed E-state index contributed by atoms with van der Waals surface area (Å²) in [6, 6.07) is 0. The van der Waals surface area contributed by atoms with Gasteiger partial charge in [-0.15, -0.1) is 0 Å². The van der Waals surface area contributed by atoms with Gasteiger partial charge in [0.1, 0.15) is 19.3 Å². The number of phosphoric ester groups is 2. The molecule has 0 aromatic heterocycles. The van der Waals surface area contributed by atoms with E-state index < -0.39 is 97.5 Å². The third kappa shape index (κ3) is 78.7. The molecule has 0 radical (unpaired) electrons. The smallest absolute Gasteiger partial charge is 0.462 e. The Morgan fingerprint density at radius 1 is 0.274 bits per heavy atom. The fraction of sp³-hybridized carbons (Fsp3) is 0.954. The summed E-state index contributed by atoms with van der Waals surface area (Å²) in [7, 11) is -9.93. The van der Waals surface area contributed by atoms with E-state index in [2.05, 4.69) is 41.5 Å². The van der Waals surface area contributed by atoms with Crippen molar-refractivity contribution in [1.82, 2.24) is 0 Å². The lowest BCUT2D eigenvalue weighted by Gasteiger charge is -2.21. The van der Waals surface area contributed by atoms with Gasteiger partial charge in [-0.05, 0) is 37.5 Å². The molecule has 0 fully saturated rings. The van der Waals surface area contributed by atoms with E-state index in [4.69, 9.17) is 37.0 Å². The molecule has 3 N–H and O–H groups in total. The largest absolute Gasteiger partial charge is 0.472 e. The molecule has 0 spiro atoms. The zero-order chi connectivity index (χ0) is 77.8. The first-order valence-electron chi connectivity index (χ1n) is 45.0. The Hall–Kier alpha value is -1.94. The number of carbonyl (C=O) groups excluding carboxylic acids is 4. The molecule has 0 aliphatic carbocycles. The topological polar surface area (TPSA) is 237 Å². The van der Waals surface area contributed by atoms with Gasteiger partial charge in [-0.1, -0.05) is 414 Å². The van der Waals surface area contributed by atoms with Gasteiger partial charge in [0.2, 0.25) is 0 Å². The Kier molecular flexibility index (Phi) is 76.9.